The number of nitrogens with zero attached hydrogens (tertiary/aromatic N) is 2. The maximum atomic E-state index is 4.94. The van der Waals surface area contributed by atoms with Crippen molar-refractivity contribution in [2.24, 2.45) is 0 Å². The molecule has 5 aromatic carbocycles. The van der Waals surface area contributed by atoms with Gasteiger partial charge in [0.15, 0.2) is 0 Å². The summed E-state index contributed by atoms with van der Waals surface area (Å²) in [6, 6.07) is 48.5. The zero-order valence-corrected chi connectivity index (χ0v) is 22.7. The maximum absolute atomic E-state index is 4.94. The van der Waals surface area contributed by atoms with Crippen LogP contribution in [0.4, 0.5) is 0 Å². The number of pyridine rings is 1. The van der Waals surface area contributed by atoms with Gasteiger partial charge in [-0.1, -0.05) is 103 Å². The smallest absolute Gasteiger partial charge is 0.138 e. The Hall–Kier alpha value is -4.30. The normalized spacial score (nSPS) is 11.8. The minimum atomic E-state index is -0.620. The lowest BCUT2D eigenvalue weighted by atomic mass is 10.0. The second-order valence-corrected chi connectivity index (χ2v) is 13.0. The Morgan fingerprint density at radius 3 is 2.03 bits per heavy atom. The fourth-order valence-corrected chi connectivity index (χ4v) is 8.93. The maximum Gasteiger partial charge on any atom is 0.138 e. The molecule has 0 spiro atoms. The Kier molecular flexibility index (Phi) is 5.33. The van der Waals surface area contributed by atoms with Gasteiger partial charge in [0.05, 0.1) is 0 Å². The van der Waals surface area contributed by atoms with Gasteiger partial charge in [0, 0.05) is 16.3 Å². The number of fused-ring (bicyclic) bond motifs is 6. The fraction of sp³-hybridized carbons (Fsp3) is 0. The molecule has 3 heterocycles. The summed E-state index contributed by atoms with van der Waals surface area (Å²) in [6.45, 7) is 0. The van der Waals surface area contributed by atoms with E-state index in [2.05, 4.69) is 144 Å². The van der Waals surface area contributed by atoms with Crippen LogP contribution in [0.15, 0.2) is 140 Å². The molecule has 2 nitrogen and oxygen atoms in total. The number of hydrogen-bond acceptors (Lipinski definition) is 2. The van der Waals surface area contributed by atoms with Crippen molar-refractivity contribution in [3.8, 4) is 11.1 Å². The first-order valence-electron chi connectivity index (χ1n) is 13.1. The van der Waals surface area contributed by atoms with E-state index in [1.165, 1.54) is 52.7 Å². The molecule has 0 atom stereocenters. The fourth-order valence-electron chi connectivity index (χ4n) is 5.48. The summed E-state index contributed by atoms with van der Waals surface area (Å²) >= 11 is 1.81. The van der Waals surface area contributed by atoms with Gasteiger partial charge in [-0.05, 0) is 76.1 Å². The first-order valence-corrected chi connectivity index (χ1v) is 15.2. The van der Waals surface area contributed by atoms with E-state index in [4.69, 9.17) is 4.98 Å². The summed E-state index contributed by atoms with van der Waals surface area (Å²) in [7, 11) is -0.620. The number of rotatable bonds is 4. The van der Waals surface area contributed by atoms with Crippen LogP contribution in [0.1, 0.15) is 0 Å². The van der Waals surface area contributed by atoms with Crippen molar-refractivity contribution in [3.05, 3.63) is 140 Å². The molecule has 8 aromatic rings. The standard InChI is InChI=1S/C35H23N2PS/c1-3-9-28(10-4-1)38(29-11-5-2-6-12-29)30-19-17-24-21-25(15-16-26(24)22-30)27-18-20-33-36-34-31-13-7-8-14-32(31)39-35(34)37(33)23-27/h1-23H. The van der Waals surface area contributed by atoms with Crippen molar-refractivity contribution in [2.45, 2.75) is 0 Å². The van der Waals surface area contributed by atoms with Crippen molar-refractivity contribution in [3.63, 3.8) is 0 Å². The van der Waals surface area contributed by atoms with Gasteiger partial charge in [-0.15, -0.1) is 11.3 Å². The molecular formula is C35H23N2PS. The third-order valence-corrected chi connectivity index (χ3v) is 11.0. The average molecular weight is 535 g/mol. The number of hydrogen-bond donors (Lipinski definition) is 0. The van der Waals surface area contributed by atoms with E-state index in [0.717, 1.165) is 11.2 Å². The zero-order chi connectivity index (χ0) is 25.8. The van der Waals surface area contributed by atoms with Crippen molar-refractivity contribution in [1.29, 1.82) is 0 Å². The van der Waals surface area contributed by atoms with Gasteiger partial charge >= 0.3 is 0 Å². The van der Waals surface area contributed by atoms with Crippen LogP contribution in [0.2, 0.25) is 0 Å². The van der Waals surface area contributed by atoms with Crippen LogP contribution in [0.5, 0.6) is 0 Å². The lowest BCUT2D eigenvalue weighted by Gasteiger charge is -2.20. The molecule has 0 unspecified atom stereocenters. The molecule has 0 bridgehead atoms. The molecule has 184 valence electrons. The molecule has 39 heavy (non-hydrogen) atoms. The molecule has 4 heteroatoms. The van der Waals surface area contributed by atoms with E-state index in [1.54, 1.807) is 0 Å². The van der Waals surface area contributed by atoms with E-state index in [1.807, 2.05) is 11.3 Å². The molecule has 0 amide bonds. The second-order valence-electron chi connectivity index (χ2n) is 9.76. The molecule has 0 N–H and O–H groups in total. The van der Waals surface area contributed by atoms with Crippen LogP contribution in [0.3, 0.4) is 0 Å². The monoisotopic (exact) mass is 534 g/mol. The Labute approximate surface area is 231 Å². The van der Waals surface area contributed by atoms with Crippen LogP contribution in [0.25, 0.3) is 48.0 Å². The molecule has 3 aromatic heterocycles. The van der Waals surface area contributed by atoms with Crippen LogP contribution in [-0.4, -0.2) is 9.38 Å². The molecule has 0 aliphatic carbocycles. The number of benzene rings is 5. The molecule has 0 saturated heterocycles. The Morgan fingerprint density at radius 2 is 1.23 bits per heavy atom. The van der Waals surface area contributed by atoms with Gasteiger partial charge in [-0.25, -0.2) is 4.98 Å². The number of aromatic nitrogens is 2. The minimum absolute atomic E-state index is 0.620. The predicted molar refractivity (Wildman–Crippen MR) is 170 cm³/mol. The van der Waals surface area contributed by atoms with Crippen LogP contribution >= 0.6 is 19.3 Å². The molecule has 0 fully saturated rings. The van der Waals surface area contributed by atoms with Gasteiger partial charge in [-0.3, -0.25) is 4.40 Å². The van der Waals surface area contributed by atoms with Crippen molar-refractivity contribution in [2.75, 3.05) is 0 Å². The lowest BCUT2D eigenvalue weighted by molar-refractivity contribution is 1.24. The van der Waals surface area contributed by atoms with Gasteiger partial charge in [0.2, 0.25) is 0 Å². The molecule has 0 aliphatic heterocycles. The third kappa shape index (κ3) is 3.86. The Bertz CT molecular complexity index is 2090. The highest BCUT2D eigenvalue weighted by molar-refractivity contribution is 7.79. The first-order chi connectivity index (χ1) is 19.3. The zero-order valence-electron chi connectivity index (χ0n) is 21.0. The second kappa shape index (κ2) is 9.17. The summed E-state index contributed by atoms with van der Waals surface area (Å²) in [4.78, 5) is 6.14. The quantitative estimate of drug-likeness (QED) is 0.208. The summed E-state index contributed by atoms with van der Waals surface area (Å²) in [5, 5.41) is 7.87. The summed E-state index contributed by atoms with van der Waals surface area (Å²) < 4.78 is 3.53. The van der Waals surface area contributed by atoms with Gasteiger partial charge in [0.25, 0.3) is 0 Å². The van der Waals surface area contributed by atoms with Gasteiger partial charge in [0.1, 0.15) is 16.0 Å². The van der Waals surface area contributed by atoms with Crippen molar-refractivity contribution in [1.82, 2.24) is 9.38 Å². The highest BCUT2D eigenvalue weighted by Crippen LogP contribution is 2.36. The van der Waals surface area contributed by atoms with E-state index >= 15 is 0 Å². The van der Waals surface area contributed by atoms with Crippen molar-refractivity contribution < 1.29 is 0 Å². The molecular weight excluding hydrogens is 511 g/mol. The molecule has 0 aliphatic rings. The molecule has 0 saturated carbocycles. The number of thiophene rings is 1. The van der Waals surface area contributed by atoms with Crippen molar-refractivity contribution >= 4 is 72.0 Å². The number of imidazole rings is 1. The van der Waals surface area contributed by atoms with Crippen LogP contribution in [-0.2, 0) is 0 Å². The third-order valence-electron chi connectivity index (χ3n) is 7.37. The predicted octanol–water partition coefficient (Wildman–Crippen LogP) is 8.28. The lowest BCUT2D eigenvalue weighted by Crippen LogP contribution is -2.20. The summed E-state index contributed by atoms with van der Waals surface area (Å²) in [5.41, 5.74) is 4.49. The van der Waals surface area contributed by atoms with Crippen LogP contribution < -0.4 is 15.9 Å². The van der Waals surface area contributed by atoms with E-state index in [0.29, 0.717) is 0 Å². The van der Waals surface area contributed by atoms with Gasteiger partial charge in [-0.2, -0.15) is 0 Å². The van der Waals surface area contributed by atoms with E-state index in [9.17, 15) is 0 Å². The Morgan fingerprint density at radius 1 is 0.564 bits per heavy atom. The summed E-state index contributed by atoms with van der Waals surface area (Å²) in [5.74, 6) is 0. The summed E-state index contributed by atoms with van der Waals surface area (Å²) in [6.07, 6.45) is 2.24. The SMILES string of the molecule is c1ccc(P(c2ccccc2)c2ccc3cc(-c4ccc5nc6c7ccccc7sc6n5c4)ccc3c2)cc1. The molecule has 8 rings (SSSR count). The minimum Gasteiger partial charge on any atom is -0.290 e. The average Bonchev–Trinajstić information content (AvgIpc) is 3.54. The topological polar surface area (TPSA) is 17.3 Å². The Balaban J connectivity index is 1.21. The molecule has 0 radical (unpaired) electrons. The largest absolute Gasteiger partial charge is 0.290 e. The van der Waals surface area contributed by atoms with Gasteiger partial charge < -0.3 is 0 Å². The first kappa shape index (κ1) is 22.7. The van der Waals surface area contributed by atoms with E-state index < -0.39 is 7.92 Å². The highest BCUT2D eigenvalue weighted by atomic mass is 32.1. The van der Waals surface area contributed by atoms with E-state index in [-0.39, 0.29) is 0 Å². The van der Waals surface area contributed by atoms with Crippen LogP contribution in [0, 0.1) is 0 Å². The highest BCUT2D eigenvalue weighted by Gasteiger charge is 2.17.